The third kappa shape index (κ3) is 12.1. The summed E-state index contributed by atoms with van der Waals surface area (Å²) >= 11 is 0. The molecule has 294 valence electrons. The maximum Gasteiger partial charge on any atom is 0.530 e. The van der Waals surface area contributed by atoms with E-state index in [1.54, 1.807) is 6.07 Å². The van der Waals surface area contributed by atoms with Gasteiger partial charge in [0.25, 0.3) is 0 Å². The number of rotatable bonds is 22. The van der Waals surface area contributed by atoms with Gasteiger partial charge < -0.3 is 9.05 Å². The summed E-state index contributed by atoms with van der Waals surface area (Å²) in [4.78, 5) is 2.51. The highest BCUT2D eigenvalue weighted by Gasteiger charge is 2.38. The zero-order chi connectivity index (χ0) is 39.1. The van der Waals surface area contributed by atoms with E-state index >= 15 is 0 Å². The maximum absolute atomic E-state index is 14.9. The highest BCUT2D eigenvalue weighted by atomic mass is 31.2. The topological polar surface area (TPSA) is 92.8 Å². The van der Waals surface area contributed by atoms with Crippen LogP contribution in [0.4, 0.5) is 0 Å². The Bertz CT molecular complexity index is 1960. The number of benzene rings is 5. The molecule has 1 unspecified atom stereocenters. The predicted molar refractivity (Wildman–Crippen MR) is 220 cm³/mol. The molecule has 0 radical (unpaired) electrons. The van der Waals surface area contributed by atoms with Crippen LogP contribution in [0.3, 0.4) is 0 Å². The second-order valence-corrected chi connectivity index (χ2v) is 16.8. The van der Waals surface area contributed by atoms with Crippen LogP contribution in [0.25, 0.3) is 0 Å². The van der Waals surface area contributed by atoms with E-state index < -0.39 is 15.6 Å². The summed E-state index contributed by atoms with van der Waals surface area (Å²) < 4.78 is 66.5. The van der Waals surface area contributed by atoms with E-state index in [0.717, 1.165) is 72.2 Å². The van der Waals surface area contributed by atoms with E-state index in [-0.39, 0.29) is 44.0 Å². The van der Waals surface area contributed by atoms with Crippen molar-refractivity contribution in [1.82, 2.24) is 4.90 Å². The Hall–Kier alpha value is -4.30. The van der Waals surface area contributed by atoms with Crippen LogP contribution in [0.5, 0.6) is 11.5 Å². The Labute approximate surface area is 331 Å². The lowest BCUT2D eigenvalue weighted by atomic mass is 9.86. The molecule has 9 nitrogen and oxygen atoms in total. The standard InChI is InChI=1S/C45H51NO8P2/c1-3-5-31-46(30-4-2)42-27-28-43-41(32-42)26-29-44(53-55(47,49-33-37-18-10-6-11-19-37)50-34-38-20-12-7-13-21-38)45(43)54-56(48,51-35-39-22-14-8-15-23-39)52-36-40-24-16-9-17-25-40/h3,6-26,29,42H,1,4-5,27-28,30-36H2,2H3. The Balaban J connectivity index is 1.37. The zero-order valence-electron chi connectivity index (χ0n) is 31.9. The summed E-state index contributed by atoms with van der Waals surface area (Å²) in [6, 6.07) is 41.5. The molecule has 6 rings (SSSR count). The molecule has 0 aliphatic heterocycles. The lowest BCUT2D eigenvalue weighted by Crippen LogP contribution is -2.40. The van der Waals surface area contributed by atoms with Gasteiger partial charge in [-0.05, 0) is 72.5 Å². The maximum atomic E-state index is 14.9. The van der Waals surface area contributed by atoms with Crippen LogP contribution >= 0.6 is 15.6 Å². The fourth-order valence-corrected chi connectivity index (χ4v) is 9.00. The van der Waals surface area contributed by atoms with Crippen LogP contribution in [-0.2, 0) is 66.5 Å². The fourth-order valence-electron chi connectivity index (χ4n) is 6.61. The SMILES string of the molecule is C=CCCN(CCC)C1CCc2c(ccc(OP(=O)(OCc3ccccc3)OCc3ccccc3)c2OP(=O)(OCc2ccccc2)OCc2ccccc2)C1. The molecule has 0 saturated heterocycles. The highest BCUT2D eigenvalue weighted by molar-refractivity contribution is 7.49. The summed E-state index contributed by atoms with van der Waals surface area (Å²) in [5.41, 5.74) is 4.94. The molecule has 0 spiro atoms. The summed E-state index contributed by atoms with van der Waals surface area (Å²) in [6.45, 7) is 7.87. The Morgan fingerprint density at radius 2 is 1.07 bits per heavy atom. The van der Waals surface area contributed by atoms with E-state index in [2.05, 4.69) is 18.4 Å². The molecule has 0 bridgehead atoms. The van der Waals surface area contributed by atoms with Gasteiger partial charge in [0.2, 0.25) is 0 Å². The molecule has 1 aliphatic carbocycles. The number of nitrogens with zero attached hydrogens (tertiary/aromatic N) is 1. The second-order valence-electron chi connectivity index (χ2n) is 13.7. The first kappa shape index (κ1) is 41.3. The van der Waals surface area contributed by atoms with Crippen molar-refractivity contribution < 1.29 is 36.3 Å². The molecule has 0 N–H and O–H groups in total. The van der Waals surface area contributed by atoms with Crippen LogP contribution in [0.2, 0.25) is 0 Å². The Morgan fingerprint density at radius 3 is 1.50 bits per heavy atom. The van der Waals surface area contributed by atoms with Gasteiger partial charge in [-0.2, -0.15) is 0 Å². The van der Waals surface area contributed by atoms with Crippen LogP contribution < -0.4 is 9.05 Å². The predicted octanol–water partition coefficient (Wildman–Crippen LogP) is 11.7. The molecule has 0 aromatic heterocycles. The van der Waals surface area contributed by atoms with Crippen molar-refractivity contribution in [2.24, 2.45) is 0 Å². The molecule has 11 heteroatoms. The van der Waals surface area contributed by atoms with Gasteiger partial charge in [-0.25, -0.2) is 9.13 Å². The Kier molecular flexibility index (Phi) is 15.3. The summed E-state index contributed by atoms with van der Waals surface area (Å²) in [5, 5.41) is 0. The summed E-state index contributed by atoms with van der Waals surface area (Å²) in [6.07, 6.45) is 6.01. The average Bonchev–Trinajstić information content (AvgIpc) is 3.24. The molecular formula is C45H51NO8P2. The summed E-state index contributed by atoms with van der Waals surface area (Å²) in [5.74, 6) is 0.181. The third-order valence-electron chi connectivity index (χ3n) is 9.49. The number of hydrogen-bond acceptors (Lipinski definition) is 9. The molecule has 5 aromatic rings. The van der Waals surface area contributed by atoms with E-state index in [9.17, 15) is 9.13 Å². The molecule has 1 aliphatic rings. The van der Waals surface area contributed by atoms with Crippen LogP contribution in [-0.4, -0.2) is 24.0 Å². The van der Waals surface area contributed by atoms with Crippen LogP contribution in [0.15, 0.2) is 146 Å². The van der Waals surface area contributed by atoms with Crippen LogP contribution in [0.1, 0.15) is 59.6 Å². The number of phosphoric ester groups is 2. The third-order valence-corrected chi connectivity index (χ3v) is 12.1. The molecule has 5 aromatic carbocycles. The molecule has 56 heavy (non-hydrogen) atoms. The number of hydrogen-bond donors (Lipinski definition) is 0. The zero-order valence-corrected chi connectivity index (χ0v) is 33.7. The van der Waals surface area contributed by atoms with Crippen molar-refractivity contribution in [3.05, 3.63) is 179 Å². The molecule has 0 heterocycles. The van der Waals surface area contributed by atoms with E-state index in [1.165, 1.54) is 0 Å². The normalized spacial score (nSPS) is 14.3. The van der Waals surface area contributed by atoms with Gasteiger partial charge >= 0.3 is 15.6 Å². The van der Waals surface area contributed by atoms with Crippen molar-refractivity contribution in [1.29, 1.82) is 0 Å². The van der Waals surface area contributed by atoms with Gasteiger partial charge in [0.1, 0.15) is 0 Å². The first-order valence-corrected chi connectivity index (χ1v) is 22.1. The van der Waals surface area contributed by atoms with Gasteiger partial charge in [0, 0.05) is 18.2 Å². The van der Waals surface area contributed by atoms with Gasteiger partial charge in [0.05, 0.1) is 26.4 Å². The molecular weight excluding hydrogens is 744 g/mol. The van der Waals surface area contributed by atoms with E-state index in [4.69, 9.17) is 27.1 Å². The van der Waals surface area contributed by atoms with Gasteiger partial charge in [-0.3, -0.25) is 23.0 Å². The van der Waals surface area contributed by atoms with Crippen molar-refractivity contribution in [2.45, 2.75) is 71.5 Å². The molecule has 0 fully saturated rings. The summed E-state index contributed by atoms with van der Waals surface area (Å²) in [7, 11) is -8.72. The highest BCUT2D eigenvalue weighted by Crippen LogP contribution is 2.58. The van der Waals surface area contributed by atoms with Gasteiger partial charge in [-0.1, -0.05) is 140 Å². The lowest BCUT2D eigenvalue weighted by molar-refractivity contribution is 0.133. The first-order chi connectivity index (χ1) is 27.4. The van der Waals surface area contributed by atoms with E-state index in [0.29, 0.717) is 6.42 Å². The van der Waals surface area contributed by atoms with Crippen LogP contribution in [0, 0.1) is 0 Å². The molecule has 0 saturated carbocycles. The second kappa shape index (κ2) is 20.7. The van der Waals surface area contributed by atoms with Gasteiger partial charge in [-0.15, -0.1) is 6.58 Å². The minimum Gasteiger partial charge on any atom is -0.400 e. The van der Waals surface area contributed by atoms with Crippen molar-refractivity contribution in [2.75, 3.05) is 13.1 Å². The minimum absolute atomic E-state index is 0.0334. The van der Waals surface area contributed by atoms with Gasteiger partial charge in [0.15, 0.2) is 11.5 Å². The van der Waals surface area contributed by atoms with Crippen molar-refractivity contribution >= 4 is 15.6 Å². The quantitative estimate of drug-likeness (QED) is 0.0501. The lowest BCUT2D eigenvalue weighted by Gasteiger charge is -2.36. The Morgan fingerprint density at radius 1 is 0.625 bits per heavy atom. The molecule has 0 amide bonds. The minimum atomic E-state index is -4.37. The number of fused-ring (bicyclic) bond motifs is 1. The van der Waals surface area contributed by atoms with Crippen molar-refractivity contribution in [3.63, 3.8) is 0 Å². The smallest absolute Gasteiger partial charge is 0.400 e. The monoisotopic (exact) mass is 795 g/mol. The number of phosphoric acid groups is 2. The fraction of sp³-hybridized carbons (Fsp3) is 0.289. The van der Waals surface area contributed by atoms with Crippen molar-refractivity contribution in [3.8, 4) is 11.5 Å². The first-order valence-electron chi connectivity index (χ1n) is 19.2. The van der Waals surface area contributed by atoms with E-state index in [1.807, 2.05) is 133 Å². The average molecular weight is 796 g/mol. The largest absolute Gasteiger partial charge is 0.530 e. The molecule has 1 atom stereocenters.